The maximum Gasteiger partial charge on any atom is 0.0754 e. The molecule has 0 amide bonds. The first-order valence-corrected chi connectivity index (χ1v) is 4.33. The standard InChI is InChI=1S/C9H10N2.C2H6/c1-4-8-6-11-5-7(2)9(8)10-3;1-2/h4-6H,1,3H2,2H3;1-2H3. The van der Waals surface area contributed by atoms with Gasteiger partial charge in [-0.05, 0) is 19.2 Å². The molecule has 2 heteroatoms. The molecule has 0 atom stereocenters. The molecule has 0 radical (unpaired) electrons. The van der Waals surface area contributed by atoms with E-state index in [9.17, 15) is 0 Å². The van der Waals surface area contributed by atoms with Crippen molar-refractivity contribution in [3.63, 3.8) is 0 Å². The van der Waals surface area contributed by atoms with Crippen molar-refractivity contribution >= 4 is 18.5 Å². The third-order valence-corrected chi connectivity index (χ3v) is 1.51. The average molecular weight is 176 g/mol. The van der Waals surface area contributed by atoms with Crippen LogP contribution in [-0.4, -0.2) is 11.7 Å². The fourth-order valence-corrected chi connectivity index (χ4v) is 0.945. The van der Waals surface area contributed by atoms with Crippen LogP contribution in [0.1, 0.15) is 25.0 Å². The Bertz CT molecular complexity index is 290. The Kier molecular flexibility index (Phi) is 5.44. The van der Waals surface area contributed by atoms with Crippen molar-refractivity contribution < 1.29 is 0 Å². The number of hydrogen-bond acceptors (Lipinski definition) is 2. The number of pyridine rings is 1. The molecule has 0 aliphatic rings. The lowest BCUT2D eigenvalue weighted by Gasteiger charge is -2.01. The largest absolute Gasteiger partial charge is 0.264 e. The lowest BCUT2D eigenvalue weighted by molar-refractivity contribution is 1.24. The predicted molar refractivity (Wildman–Crippen MR) is 59.6 cm³/mol. The first-order valence-electron chi connectivity index (χ1n) is 4.33. The van der Waals surface area contributed by atoms with Gasteiger partial charge in [-0.1, -0.05) is 26.5 Å². The van der Waals surface area contributed by atoms with E-state index in [4.69, 9.17) is 0 Å². The van der Waals surface area contributed by atoms with Gasteiger partial charge < -0.3 is 0 Å². The third-order valence-electron chi connectivity index (χ3n) is 1.51. The maximum absolute atomic E-state index is 4.00. The van der Waals surface area contributed by atoms with Gasteiger partial charge in [-0.3, -0.25) is 9.98 Å². The first kappa shape index (κ1) is 11.6. The summed E-state index contributed by atoms with van der Waals surface area (Å²) in [5.74, 6) is 0. The van der Waals surface area contributed by atoms with E-state index in [-0.39, 0.29) is 0 Å². The van der Waals surface area contributed by atoms with Gasteiger partial charge in [0.25, 0.3) is 0 Å². The molecule has 1 rings (SSSR count). The zero-order chi connectivity index (χ0) is 10.3. The van der Waals surface area contributed by atoms with Crippen molar-refractivity contribution in [1.29, 1.82) is 0 Å². The summed E-state index contributed by atoms with van der Waals surface area (Å²) in [6.45, 7) is 13.1. The zero-order valence-electron chi connectivity index (χ0n) is 8.54. The summed E-state index contributed by atoms with van der Waals surface area (Å²) in [7, 11) is 0. The van der Waals surface area contributed by atoms with Crippen LogP contribution in [0.5, 0.6) is 0 Å². The minimum atomic E-state index is 0.870. The molecule has 1 heterocycles. The fraction of sp³-hybridized carbons (Fsp3) is 0.273. The van der Waals surface area contributed by atoms with E-state index in [2.05, 4.69) is 23.3 Å². The molecule has 70 valence electrons. The van der Waals surface area contributed by atoms with Crippen molar-refractivity contribution in [2.75, 3.05) is 0 Å². The summed E-state index contributed by atoms with van der Waals surface area (Å²) in [4.78, 5) is 7.88. The average Bonchev–Trinajstić information content (AvgIpc) is 2.20. The molecule has 0 spiro atoms. The summed E-state index contributed by atoms with van der Waals surface area (Å²) in [5, 5.41) is 0. The Balaban J connectivity index is 0.000000671. The summed E-state index contributed by atoms with van der Waals surface area (Å²) < 4.78 is 0. The minimum Gasteiger partial charge on any atom is -0.264 e. The van der Waals surface area contributed by atoms with Gasteiger partial charge in [-0.25, -0.2) is 0 Å². The number of aliphatic imine (C=N–C) groups is 1. The molecule has 0 saturated carbocycles. The Labute approximate surface area is 80.1 Å². The lowest BCUT2D eigenvalue weighted by Crippen LogP contribution is -1.81. The van der Waals surface area contributed by atoms with Crippen molar-refractivity contribution in [3.05, 3.63) is 30.1 Å². The van der Waals surface area contributed by atoms with Crippen molar-refractivity contribution in [3.8, 4) is 0 Å². The molecule has 0 bridgehead atoms. The lowest BCUT2D eigenvalue weighted by atomic mass is 10.1. The smallest absolute Gasteiger partial charge is 0.0754 e. The molecule has 0 aliphatic carbocycles. The monoisotopic (exact) mass is 176 g/mol. The molecule has 0 aromatic carbocycles. The van der Waals surface area contributed by atoms with Crippen LogP contribution in [0, 0.1) is 6.92 Å². The number of aromatic nitrogens is 1. The van der Waals surface area contributed by atoms with Crippen molar-refractivity contribution in [2.45, 2.75) is 20.8 Å². The van der Waals surface area contributed by atoms with Crippen LogP contribution >= 0.6 is 0 Å². The highest BCUT2D eigenvalue weighted by molar-refractivity contribution is 5.66. The SMILES string of the molecule is C=Cc1cncc(C)c1N=C.CC. The molecule has 1 aromatic heterocycles. The van der Waals surface area contributed by atoms with E-state index in [0.29, 0.717) is 0 Å². The van der Waals surface area contributed by atoms with Gasteiger partial charge in [0.2, 0.25) is 0 Å². The fourth-order valence-electron chi connectivity index (χ4n) is 0.945. The molecule has 1 aromatic rings. The van der Waals surface area contributed by atoms with E-state index >= 15 is 0 Å². The van der Waals surface area contributed by atoms with Crippen LogP contribution in [-0.2, 0) is 0 Å². The normalized spacial score (nSPS) is 8.23. The number of aryl methyl sites for hydroxylation is 1. The van der Waals surface area contributed by atoms with E-state index < -0.39 is 0 Å². The van der Waals surface area contributed by atoms with Crippen molar-refractivity contribution in [2.24, 2.45) is 4.99 Å². The Morgan fingerprint density at radius 3 is 2.38 bits per heavy atom. The van der Waals surface area contributed by atoms with Gasteiger partial charge in [0, 0.05) is 18.0 Å². The summed E-state index contributed by atoms with van der Waals surface area (Å²) in [6.07, 6.45) is 5.21. The molecule has 0 saturated heterocycles. The topological polar surface area (TPSA) is 25.2 Å². The third kappa shape index (κ3) is 2.82. The second kappa shape index (κ2) is 6.12. The van der Waals surface area contributed by atoms with Crippen LogP contribution in [0.25, 0.3) is 6.08 Å². The molecular formula is C11H16N2. The van der Waals surface area contributed by atoms with Gasteiger partial charge in [0.1, 0.15) is 0 Å². The van der Waals surface area contributed by atoms with Gasteiger partial charge in [-0.2, -0.15) is 0 Å². The molecular weight excluding hydrogens is 160 g/mol. The van der Waals surface area contributed by atoms with Crippen LogP contribution < -0.4 is 0 Å². The van der Waals surface area contributed by atoms with Crippen molar-refractivity contribution in [1.82, 2.24) is 4.98 Å². The zero-order valence-corrected chi connectivity index (χ0v) is 8.54. The second-order valence-electron chi connectivity index (χ2n) is 2.26. The number of rotatable bonds is 2. The molecule has 0 aliphatic heterocycles. The summed E-state index contributed by atoms with van der Waals surface area (Å²) in [6, 6.07) is 0. The van der Waals surface area contributed by atoms with Gasteiger partial charge >= 0.3 is 0 Å². The Morgan fingerprint density at radius 1 is 1.38 bits per heavy atom. The maximum atomic E-state index is 4.00. The molecule has 0 unspecified atom stereocenters. The predicted octanol–water partition coefficient (Wildman–Crippen LogP) is 3.39. The van der Waals surface area contributed by atoms with E-state index in [1.165, 1.54) is 0 Å². The molecule has 0 fully saturated rings. The summed E-state index contributed by atoms with van der Waals surface area (Å²) >= 11 is 0. The van der Waals surface area contributed by atoms with E-state index in [0.717, 1.165) is 16.8 Å². The molecule has 2 nitrogen and oxygen atoms in total. The number of hydrogen-bond donors (Lipinski definition) is 0. The van der Waals surface area contributed by atoms with E-state index in [1.807, 2.05) is 20.8 Å². The summed E-state index contributed by atoms with van der Waals surface area (Å²) in [5.41, 5.74) is 2.83. The van der Waals surface area contributed by atoms with Gasteiger partial charge in [0.15, 0.2) is 0 Å². The Hall–Kier alpha value is -1.44. The van der Waals surface area contributed by atoms with Gasteiger partial charge in [0.05, 0.1) is 5.69 Å². The second-order valence-corrected chi connectivity index (χ2v) is 2.26. The van der Waals surface area contributed by atoms with Crippen LogP contribution in [0.15, 0.2) is 24.0 Å². The highest BCUT2D eigenvalue weighted by atomic mass is 14.7. The van der Waals surface area contributed by atoms with Gasteiger partial charge in [-0.15, -0.1) is 0 Å². The van der Waals surface area contributed by atoms with Crippen LogP contribution in [0.4, 0.5) is 5.69 Å². The van der Waals surface area contributed by atoms with Crippen LogP contribution in [0.3, 0.4) is 0 Å². The van der Waals surface area contributed by atoms with E-state index in [1.54, 1.807) is 18.5 Å². The molecule has 13 heavy (non-hydrogen) atoms. The first-order chi connectivity index (χ1) is 6.29. The minimum absolute atomic E-state index is 0.870. The highest BCUT2D eigenvalue weighted by Gasteiger charge is 1.98. The quantitative estimate of drug-likeness (QED) is 0.634. The highest BCUT2D eigenvalue weighted by Crippen LogP contribution is 2.22. The molecule has 0 N–H and O–H groups in total. The number of nitrogens with zero attached hydrogens (tertiary/aromatic N) is 2. The Morgan fingerprint density at radius 2 is 2.00 bits per heavy atom. The van der Waals surface area contributed by atoms with Crippen LogP contribution in [0.2, 0.25) is 0 Å².